The monoisotopic (exact) mass is 395 g/mol. The average Bonchev–Trinajstić information content (AvgIpc) is 3.31. The fraction of sp³-hybridized carbons (Fsp3) is 0.120. The summed E-state index contributed by atoms with van der Waals surface area (Å²) in [5.41, 5.74) is 5.22. The van der Waals surface area contributed by atoms with Crippen LogP contribution in [0, 0.1) is 0 Å². The fourth-order valence-corrected chi connectivity index (χ4v) is 4.00. The minimum atomic E-state index is -0.541. The number of nitrogens with zero attached hydrogens (tertiary/aromatic N) is 1. The molecule has 30 heavy (non-hydrogen) atoms. The van der Waals surface area contributed by atoms with E-state index in [0.717, 1.165) is 33.2 Å². The highest BCUT2D eigenvalue weighted by Crippen LogP contribution is 2.23. The zero-order chi connectivity index (χ0) is 20.5. The molecule has 5 heteroatoms. The molecule has 5 rings (SSSR count). The number of rotatable bonds is 5. The molecule has 1 saturated heterocycles. The van der Waals surface area contributed by atoms with E-state index in [-0.39, 0.29) is 18.5 Å². The Morgan fingerprint density at radius 1 is 0.800 bits per heavy atom. The zero-order valence-corrected chi connectivity index (χ0v) is 16.3. The normalized spacial score (nSPS) is 16.3. The highest BCUT2D eigenvalue weighted by atomic mass is 16.2. The molecule has 1 fully saturated rings. The van der Waals surface area contributed by atoms with Crippen LogP contribution in [0.2, 0.25) is 0 Å². The highest BCUT2D eigenvalue weighted by molar-refractivity contribution is 6.04. The second kappa shape index (κ2) is 7.52. The van der Waals surface area contributed by atoms with Crippen LogP contribution in [0.1, 0.15) is 11.1 Å². The number of carbonyl (C=O) groups excluding carboxylic acids is 2. The first-order valence-electron chi connectivity index (χ1n) is 10.0. The number of benzene rings is 3. The van der Waals surface area contributed by atoms with E-state index in [1.807, 2.05) is 72.9 Å². The third-order valence-corrected chi connectivity index (χ3v) is 5.61. The summed E-state index contributed by atoms with van der Waals surface area (Å²) in [5, 5.41) is 3.92. The van der Waals surface area contributed by atoms with Crippen LogP contribution in [-0.2, 0) is 17.8 Å². The van der Waals surface area contributed by atoms with E-state index in [9.17, 15) is 9.59 Å². The number of aromatic nitrogens is 1. The molecule has 0 bridgehead atoms. The largest absolute Gasteiger partial charge is 0.361 e. The molecule has 1 aliphatic rings. The number of hydrogen-bond acceptors (Lipinski definition) is 2. The van der Waals surface area contributed by atoms with Gasteiger partial charge in [-0.25, -0.2) is 4.79 Å². The van der Waals surface area contributed by atoms with Crippen molar-refractivity contribution in [2.45, 2.75) is 19.0 Å². The first-order chi connectivity index (χ1) is 14.7. The smallest absolute Gasteiger partial charge is 0.325 e. The van der Waals surface area contributed by atoms with Crippen LogP contribution in [0.4, 0.5) is 4.79 Å². The van der Waals surface area contributed by atoms with E-state index >= 15 is 0 Å². The van der Waals surface area contributed by atoms with Crippen LogP contribution in [0.3, 0.4) is 0 Å². The Kier molecular flexibility index (Phi) is 4.56. The summed E-state index contributed by atoms with van der Waals surface area (Å²) in [6.45, 7) is 0.268. The summed E-state index contributed by atoms with van der Waals surface area (Å²) in [5.74, 6) is -0.183. The molecular formula is C25H21N3O2. The van der Waals surface area contributed by atoms with Crippen molar-refractivity contribution in [1.82, 2.24) is 15.2 Å². The summed E-state index contributed by atoms with van der Waals surface area (Å²) in [6, 6.07) is 25.2. The van der Waals surface area contributed by atoms with Gasteiger partial charge in [0.15, 0.2) is 0 Å². The fourth-order valence-electron chi connectivity index (χ4n) is 4.00. The Balaban J connectivity index is 1.30. The van der Waals surface area contributed by atoms with Gasteiger partial charge in [-0.3, -0.25) is 9.69 Å². The lowest BCUT2D eigenvalue weighted by molar-refractivity contribution is -0.127. The number of H-pyrrole nitrogens is 1. The van der Waals surface area contributed by atoms with Crippen molar-refractivity contribution < 1.29 is 9.59 Å². The molecule has 148 valence electrons. The van der Waals surface area contributed by atoms with Gasteiger partial charge in [-0.2, -0.15) is 0 Å². The number of para-hydroxylation sites is 1. The Morgan fingerprint density at radius 3 is 2.30 bits per heavy atom. The van der Waals surface area contributed by atoms with E-state index in [1.54, 1.807) is 0 Å². The van der Waals surface area contributed by atoms with Crippen LogP contribution in [0.15, 0.2) is 85.1 Å². The van der Waals surface area contributed by atoms with E-state index in [2.05, 4.69) is 22.4 Å². The average molecular weight is 395 g/mol. The molecule has 1 aromatic heterocycles. The number of imide groups is 1. The summed E-state index contributed by atoms with van der Waals surface area (Å²) in [7, 11) is 0. The van der Waals surface area contributed by atoms with Crippen molar-refractivity contribution in [3.63, 3.8) is 0 Å². The molecule has 0 spiro atoms. The van der Waals surface area contributed by atoms with Crippen LogP contribution in [0.5, 0.6) is 0 Å². The molecule has 0 aliphatic carbocycles. The Labute approximate surface area is 174 Å². The van der Waals surface area contributed by atoms with Crippen LogP contribution < -0.4 is 5.32 Å². The minimum absolute atomic E-state index is 0.183. The van der Waals surface area contributed by atoms with Gasteiger partial charge in [0.2, 0.25) is 0 Å². The van der Waals surface area contributed by atoms with Gasteiger partial charge in [0.05, 0.1) is 6.54 Å². The minimum Gasteiger partial charge on any atom is -0.361 e. The molecule has 4 aromatic rings. The van der Waals surface area contributed by atoms with Gasteiger partial charge < -0.3 is 10.3 Å². The van der Waals surface area contributed by atoms with Crippen molar-refractivity contribution in [2.75, 3.05) is 0 Å². The van der Waals surface area contributed by atoms with Gasteiger partial charge in [-0.1, -0.05) is 72.8 Å². The predicted octanol–water partition coefficient (Wildman–Crippen LogP) is 4.50. The predicted molar refractivity (Wildman–Crippen MR) is 117 cm³/mol. The first kappa shape index (κ1) is 18.2. The van der Waals surface area contributed by atoms with Crippen molar-refractivity contribution in [1.29, 1.82) is 0 Å². The molecule has 3 aromatic carbocycles. The molecule has 3 amide bonds. The molecule has 1 aliphatic heterocycles. The number of nitrogens with one attached hydrogen (secondary N) is 2. The molecule has 1 atom stereocenters. The lowest BCUT2D eigenvalue weighted by Crippen LogP contribution is -2.32. The topological polar surface area (TPSA) is 65.2 Å². The Hall–Kier alpha value is -3.86. The van der Waals surface area contributed by atoms with Crippen LogP contribution in [-0.4, -0.2) is 27.9 Å². The van der Waals surface area contributed by atoms with Gasteiger partial charge in [0.1, 0.15) is 6.04 Å². The van der Waals surface area contributed by atoms with Gasteiger partial charge in [0, 0.05) is 23.5 Å². The molecule has 2 heterocycles. The molecule has 0 radical (unpaired) electrons. The number of fused-ring (bicyclic) bond motifs is 1. The Bertz CT molecular complexity index is 1210. The summed E-state index contributed by atoms with van der Waals surface area (Å²) in [6.07, 6.45) is 2.38. The van der Waals surface area contributed by atoms with Crippen molar-refractivity contribution in [3.8, 4) is 11.1 Å². The standard InChI is InChI=1S/C25H21N3O2/c29-24-23(14-20-15-26-22-9-5-4-8-21(20)22)27-25(30)28(24)16-17-10-12-19(13-11-17)18-6-2-1-3-7-18/h1-13,15,23,26H,14,16H2,(H,27,30)/t23-/m1/s1. The third-order valence-electron chi connectivity index (χ3n) is 5.61. The van der Waals surface area contributed by atoms with Gasteiger partial charge in [-0.15, -0.1) is 0 Å². The number of urea groups is 1. The van der Waals surface area contributed by atoms with Crippen LogP contribution in [0.25, 0.3) is 22.0 Å². The number of aromatic amines is 1. The molecular weight excluding hydrogens is 374 g/mol. The Morgan fingerprint density at radius 2 is 1.50 bits per heavy atom. The summed E-state index contributed by atoms with van der Waals surface area (Å²) < 4.78 is 0. The van der Waals surface area contributed by atoms with Crippen molar-refractivity contribution in [2.24, 2.45) is 0 Å². The molecule has 5 nitrogen and oxygen atoms in total. The highest BCUT2D eigenvalue weighted by Gasteiger charge is 2.38. The van der Waals surface area contributed by atoms with E-state index < -0.39 is 6.04 Å². The number of amides is 3. The van der Waals surface area contributed by atoms with Crippen molar-refractivity contribution >= 4 is 22.8 Å². The molecule has 2 N–H and O–H groups in total. The van der Waals surface area contributed by atoms with Gasteiger partial charge in [-0.05, 0) is 28.3 Å². The van der Waals surface area contributed by atoms with E-state index in [0.29, 0.717) is 6.42 Å². The quantitative estimate of drug-likeness (QED) is 0.489. The summed E-state index contributed by atoms with van der Waals surface area (Å²) in [4.78, 5) is 29.9. The van der Waals surface area contributed by atoms with Crippen LogP contribution >= 0.6 is 0 Å². The second-order valence-electron chi connectivity index (χ2n) is 7.55. The maximum atomic E-state index is 12.9. The zero-order valence-electron chi connectivity index (χ0n) is 16.3. The number of hydrogen-bond donors (Lipinski definition) is 2. The first-order valence-corrected chi connectivity index (χ1v) is 10.0. The maximum absolute atomic E-state index is 12.9. The second-order valence-corrected chi connectivity index (χ2v) is 7.55. The van der Waals surface area contributed by atoms with E-state index in [4.69, 9.17) is 0 Å². The maximum Gasteiger partial charge on any atom is 0.325 e. The lowest BCUT2D eigenvalue weighted by Gasteiger charge is -2.13. The lowest BCUT2D eigenvalue weighted by atomic mass is 10.0. The molecule has 0 unspecified atom stereocenters. The van der Waals surface area contributed by atoms with Gasteiger partial charge in [0.25, 0.3) is 5.91 Å². The SMILES string of the molecule is O=C1N[C@H](Cc2c[nH]c3ccccc23)C(=O)N1Cc1ccc(-c2ccccc2)cc1. The van der Waals surface area contributed by atoms with E-state index in [1.165, 1.54) is 4.90 Å². The third kappa shape index (κ3) is 3.35. The number of carbonyl (C=O) groups is 2. The summed E-state index contributed by atoms with van der Waals surface area (Å²) >= 11 is 0. The van der Waals surface area contributed by atoms with Gasteiger partial charge >= 0.3 is 6.03 Å². The molecule has 0 saturated carbocycles. The van der Waals surface area contributed by atoms with Crippen molar-refractivity contribution in [3.05, 3.63) is 96.2 Å².